The summed E-state index contributed by atoms with van der Waals surface area (Å²) in [7, 11) is 0. The van der Waals surface area contributed by atoms with Crippen LogP contribution in [0.1, 0.15) is 11.1 Å². The Labute approximate surface area is 106 Å². The number of carbonyl (C=O) groups is 1. The van der Waals surface area contributed by atoms with E-state index in [9.17, 15) is 4.79 Å². The van der Waals surface area contributed by atoms with Crippen LogP contribution in [0.15, 0.2) is 18.2 Å². The van der Waals surface area contributed by atoms with E-state index < -0.39 is 0 Å². The fourth-order valence-corrected chi connectivity index (χ4v) is 3.20. The number of aryl methyl sites for hydroxylation is 2. The Hall–Kier alpha value is -1.00. The SMILES string of the molecule is Cc1ccc(N2C(=O)CSCC2CN)c(C)c1. The topological polar surface area (TPSA) is 46.3 Å². The maximum atomic E-state index is 12.1. The zero-order chi connectivity index (χ0) is 12.4. The van der Waals surface area contributed by atoms with Gasteiger partial charge in [0, 0.05) is 18.0 Å². The smallest absolute Gasteiger partial charge is 0.237 e. The van der Waals surface area contributed by atoms with E-state index in [1.165, 1.54) is 5.56 Å². The van der Waals surface area contributed by atoms with Gasteiger partial charge in [-0.3, -0.25) is 4.79 Å². The molecule has 92 valence electrons. The molecule has 17 heavy (non-hydrogen) atoms. The van der Waals surface area contributed by atoms with Gasteiger partial charge in [-0.15, -0.1) is 11.8 Å². The molecule has 1 aliphatic heterocycles. The van der Waals surface area contributed by atoms with E-state index in [0.29, 0.717) is 12.3 Å². The highest BCUT2D eigenvalue weighted by Crippen LogP contribution is 2.28. The van der Waals surface area contributed by atoms with Crippen LogP contribution in [-0.2, 0) is 4.79 Å². The van der Waals surface area contributed by atoms with Crippen molar-refractivity contribution in [3.8, 4) is 0 Å². The molecule has 1 amide bonds. The van der Waals surface area contributed by atoms with Crippen molar-refractivity contribution in [3.63, 3.8) is 0 Å². The minimum atomic E-state index is 0.127. The average Bonchev–Trinajstić information content (AvgIpc) is 2.30. The third-order valence-electron chi connectivity index (χ3n) is 3.05. The van der Waals surface area contributed by atoms with Gasteiger partial charge in [0.05, 0.1) is 11.8 Å². The molecule has 4 heteroatoms. The first-order chi connectivity index (χ1) is 8.13. The maximum absolute atomic E-state index is 12.1. The molecule has 1 aliphatic rings. The molecule has 0 spiro atoms. The second-order valence-corrected chi connectivity index (χ2v) is 5.49. The summed E-state index contributed by atoms with van der Waals surface area (Å²) in [5.41, 5.74) is 9.14. The van der Waals surface area contributed by atoms with Crippen molar-refractivity contribution >= 4 is 23.4 Å². The Morgan fingerprint density at radius 1 is 1.47 bits per heavy atom. The first-order valence-electron chi connectivity index (χ1n) is 5.80. The summed E-state index contributed by atoms with van der Waals surface area (Å²) < 4.78 is 0. The molecule has 1 saturated heterocycles. The molecule has 1 fully saturated rings. The van der Waals surface area contributed by atoms with E-state index in [1.807, 2.05) is 24.0 Å². The van der Waals surface area contributed by atoms with Crippen molar-refractivity contribution in [2.24, 2.45) is 5.73 Å². The number of benzene rings is 1. The lowest BCUT2D eigenvalue weighted by atomic mass is 10.1. The first-order valence-corrected chi connectivity index (χ1v) is 6.96. The summed E-state index contributed by atoms with van der Waals surface area (Å²) in [6.45, 7) is 4.63. The van der Waals surface area contributed by atoms with Gasteiger partial charge in [0.2, 0.25) is 5.91 Å². The predicted molar refractivity (Wildman–Crippen MR) is 73.6 cm³/mol. The van der Waals surface area contributed by atoms with Gasteiger partial charge in [0.25, 0.3) is 0 Å². The molecule has 3 nitrogen and oxygen atoms in total. The zero-order valence-corrected chi connectivity index (χ0v) is 11.1. The molecule has 0 aliphatic carbocycles. The van der Waals surface area contributed by atoms with Crippen LogP contribution in [0, 0.1) is 13.8 Å². The van der Waals surface area contributed by atoms with Gasteiger partial charge in [-0.05, 0) is 25.5 Å². The highest BCUT2D eigenvalue weighted by molar-refractivity contribution is 8.00. The number of nitrogens with two attached hydrogens (primary N) is 1. The van der Waals surface area contributed by atoms with Crippen molar-refractivity contribution in [2.75, 3.05) is 23.0 Å². The quantitative estimate of drug-likeness (QED) is 0.869. The average molecular weight is 250 g/mol. The molecular weight excluding hydrogens is 232 g/mol. The molecule has 2 N–H and O–H groups in total. The van der Waals surface area contributed by atoms with E-state index in [2.05, 4.69) is 13.0 Å². The van der Waals surface area contributed by atoms with Crippen LogP contribution >= 0.6 is 11.8 Å². The predicted octanol–water partition coefficient (Wildman–Crippen LogP) is 1.71. The van der Waals surface area contributed by atoms with E-state index in [-0.39, 0.29) is 11.9 Å². The Bertz CT molecular complexity index is 433. The Kier molecular flexibility index (Phi) is 3.74. The van der Waals surface area contributed by atoms with E-state index in [4.69, 9.17) is 5.73 Å². The summed E-state index contributed by atoms with van der Waals surface area (Å²) in [6.07, 6.45) is 0. The van der Waals surface area contributed by atoms with Crippen LogP contribution in [0.5, 0.6) is 0 Å². The Balaban J connectivity index is 2.38. The van der Waals surface area contributed by atoms with Gasteiger partial charge in [0.15, 0.2) is 0 Å². The van der Waals surface area contributed by atoms with E-state index in [0.717, 1.165) is 17.0 Å². The van der Waals surface area contributed by atoms with Crippen LogP contribution < -0.4 is 10.6 Å². The maximum Gasteiger partial charge on any atom is 0.237 e. The van der Waals surface area contributed by atoms with Gasteiger partial charge in [-0.25, -0.2) is 0 Å². The van der Waals surface area contributed by atoms with Gasteiger partial charge < -0.3 is 10.6 Å². The van der Waals surface area contributed by atoms with Gasteiger partial charge in [0.1, 0.15) is 0 Å². The lowest BCUT2D eigenvalue weighted by Gasteiger charge is -2.35. The van der Waals surface area contributed by atoms with E-state index in [1.54, 1.807) is 11.8 Å². The minimum Gasteiger partial charge on any atom is -0.328 e. The highest BCUT2D eigenvalue weighted by Gasteiger charge is 2.29. The molecule has 0 aromatic heterocycles. The first kappa shape index (κ1) is 12.5. The second kappa shape index (κ2) is 5.10. The number of thioether (sulfide) groups is 1. The van der Waals surface area contributed by atoms with Crippen molar-refractivity contribution < 1.29 is 4.79 Å². The van der Waals surface area contributed by atoms with Crippen molar-refractivity contribution in [1.29, 1.82) is 0 Å². The Morgan fingerprint density at radius 2 is 2.24 bits per heavy atom. The number of hydrogen-bond donors (Lipinski definition) is 1. The van der Waals surface area contributed by atoms with Crippen LogP contribution in [0.2, 0.25) is 0 Å². The van der Waals surface area contributed by atoms with Gasteiger partial charge in [-0.2, -0.15) is 0 Å². The lowest BCUT2D eigenvalue weighted by molar-refractivity contribution is -0.116. The fraction of sp³-hybridized carbons (Fsp3) is 0.462. The standard InChI is InChI=1S/C13H18N2OS/c1-9-3-4-12(10(2)5-9)15-11(6-14)7-17-8-13(15)16/h3-5,11H,6-8,14H2,1-2H3. The number of hydrogen-bond acceptors (Lipinski definition) is 3. The number of carbonyl (C=O) groups excluding carboxylic acids is 1. The summed E-state index contributed by atoms with van der Waals surface area (Å²) in [4.78, 5) is 13.9. The fourth-order valence-electron chi connectivity index (χ4n) is 2.21. The van der Waals surface area contributed by atoms with Crippen LogP contribution in [0.4, 0.5) is 5.69 Å². The third-order valence-corrected chi connectivity index (χ3v) is 4.13. The monoisotopic (exact) mass is 250 g/mol. The normalized spacial score (nSPS) is 20.8. The molecule has 1 unspecified atom stereocenters. The summed E-state index contributed by atoms with van der Waals surface area (Å²) in [5, 5.41) is 0. The molecule has 0 saturated carbocycles. The summed E-state index contributed by atoms with van der Waals surface area (Å²) >= 11 is 1.67. The van der Waals surface area contributed by atoms with Crippen molar-refractivity contribution in [2.45, 2.75) is 19.9 Å². The molecule has 0 radical (unpaired) electrons. The van der Waals surface area contributed by atoms with E-state index >= 15 is 0 Å². The second-order valence-electron chi connectivity index (χ2n) is 4.46. The summed E-state index contributed by atoms with van der Waals surface area (Å²) in [5.74, 6) is 1.66. The zero-order valence-electron chi connectivity index (χ0n) is 10.3. The van der Waals surface area contributed by atoms with Gasteiger partial charge >= 0.3 is 0 Å². The molecule has 1 aromatic carbocycles. The minimum absolute atomic E-state index is 0.127. The number of rotatable bonds is 2. The third kappa shape index (κ3) is 2.48. The number of anilines is 1. The van der Waals surface area contributed by atoms with Crippen molar-refractivity contribution in [3.05, 3.63) is 29.3 Å². The lowest BCUT2D eigenvalue weighted by Crippen LogP contribution is -2.50. The molecule has 2 rings (SSSR count). The number of amides is 1. The van der Waals surface area contributed by atoms with Crippen molar-refractivity contribution in [1.82, 2.24) is 0 Å². The molecular formula is C13H18N2OS. The van der Waals surface area contributed by atoms with Crippen LogP contribution in [-0.4, -0.2) is 30.0 Å². The molecule has 1 atom stereocenters. The molecule has 1 heterocycles. The Morgan fingerprint density at radius 3 is 2.88 bits per heavy atom. The van der Waals surface area contributed by atoms with Crippen LogP contribution in [0.3, 0.4) is 0 Å². The highest BCUT2D eigenvalue weighted by atomic mass is 32.2. The largest absolute Gasteiger partial charge is 0.328 e. The summed E-state index contributed by atoms with van der Waals surface area (Å²) in [6, 6.07) is 6.31. The molecule has 0 bridgehead atoms. The van der Waals surface area contributed by atoms with Gasteiger partial charge in [-0.1, -0.05) is 17.7 Å². The van der Waals surface area contributed by atoms with Crippen LogP contribution in [0.25, 0.3) is 0 Å². The molecule has 1 aromatic rings. The number of nitrogens with zero attached hydrogens (tertiary/aromatic N) is 1.